The van der Waals surface area contributed by atoms with E-state index in [9.17, 15) is 4.79 Å². The van der Waals surface area contributed by atoms with Gasteiger partial charge in [0, 0.05) is 25.8 Å². The zero-order valence-corrected chi connectivity index (χ0v) is 13.1. The highest BCUT2D eigenvalue weighted by Gasteiger charge is 2.22. The van der Waals surface area contributed by atoms with Gasteiger partial charge in [-0.15, -0.1) is 0 Å². The summed E-state index contributed by atoms with van der Waals surface area (Å²) >= 11 is 6.16. The minimum absolute atomic E-state index is 0.0960. The SMILES string of the molecule is CN(CC1CCCO1)C(=O)c1cc(-c2ccccc2Cl)n[nH]1. The Bertz CT molecular complexity index is 665. The Hall–Kier alpha value is -1.85. The number of nitrogens with zero attached hydrogens (tertiary/aromatic N) is 2. The summed E-state index contributed by atoms with van der Waals surface area (Å²) in [5, 5.41) is 7.60. The molecule has 0 radical (unpaired) electrons. The number of benzene rings is 1. The van der Waals surface area contributed by atoms with Crippen LogP contribution in [-0.4, -0.2) is 47.3 Å². The van der Waals surface area contributed by atoms with Crippen molar-refractivity contribution in [1.29, 1.82) is 0 Å². The monoisotopic (exact) mass is 319 g/mol. The van der Waals surface area contributed by atoms with Crippen LogP contribution in [-0.2, 0) is 4.74 Å². The van der Waals surface area contributed by atoms with Crippen LogP contribution in [0.5, 0.6) is 0 Å². The Morgan fingerprint density at radius 1 is 1.50 bits per heavy atom. The zero-order chi connectivity index (χ0) is 15.5. The first-order chi connectivity index (χ1) is 10.6. The maximum absolute atomic E-state index is 12.4. The van der Waals surface area contributed by atoms with Gasteiger partial charge >= 0.3 is 0 Å². The Balaban J connectivity index is 1.72. The van der Waals surface area contributed by atoms with Crippen LogP contribution in [0.15, 0.2) is 30.3 Å². The number of ether oxygens (including phenoxy) is 1. The number of likely N-dealkylation sites (N-methyl/N-ethyl adjacent to an activating group) is 1. The number of aromatic nitrogens is 2. The lowest BCUT2D eigenvalue weighted by molar-refractivity contribution is 0.0582. The molecule has 5 nitrogen and oxygen atoms in total. The van der Waals surface area contributed by atoms with E-state index in [1.165, 1.54) is 0 Å². The smallest absolute Gasteiger partial charge is 0.271 e. The lowest BCUT2D eigenvalue weighted by Gasteiger charge is -2.19. The number of aromatic amines is 1. The molecule has 3 rings (SSSR count). The minimum Gasteiger partial charge on any atom is -0.376 e. The first-order valence-corrected chi connectivity index (χ1v) is 7.70. The summed E-state index contributed by atoms with van der Waals surface area (Å²) < 4.78 is 5.56. The number of carbonyl (C=O) groups excluding carboxylic acids is 1. The Labute approximate surface area is 134 Å². The molecule has 1 saturated heterocycles. The molecule has 1 aromatic carbocycles. The summed E-state index contributed by atoms with van der Waals surface area (Å²) in [7, 11) is 1.78. The molecular weight excluding hydrogens is 302 g/mol. The van der Waals surface area contributed by atoms with Gasteiger partial charge in [0.15, 0.2) is 0 Å². The number of rotatable bonds is 4. The first kappa shape index (κ1) is 15.1. The summed E-state index contributed by atoms with van der Waals surface area (Å²) in [4.78, 5) is 14.1. The molecule has 1 unspecified atom stereocenters. The van der Waals surface area contributed by atoms with Crippen LogP contribution in [0, 0.1) is 0 Å². The summed E-state index contributed by atoms with van der Waals surface area (Å²) in [5.41, 5.74) is 1.93. The molecule has 1 N–H and O–H groups in total. The largest absolute Gasteiger partial charge is 0.376 e. The number of amides is 1. The topological polar surface area (TPSA) is 58.2 Å². The molecule has 116 valence electrons. The van der Waals surface area contributed by atoms with E-state index in [-0.39, 0.29) is 12.0 Å². The maximum Gasteiger partial charge on any atom is 0.271 e. The van der Waals surface area contributed by atoms with Crippen LogP contribution < -0.4 is 0 Å². The average Bonchev–Trinajstić information content (AvgIpc) is 3.18. The minimum atomic E-state index is -0.0960. The molecule has 6 heteroatoms. The molecule has 22 heavy (non-hydrogen) atoms. The fourth-order valence-electron chi connectivity index (χ4n) is 2.62. The van der Waals surface area contributed by atoms with Gasteiger partial charge in [-0.1, -0.05) is 29.8 Å². The normalized spacial score (nSPS) is 17.6. The predicted octanol–water partition coefficient (Wildman–Crippen LogP) is 2.98. The van der Waals surface area contributed by atoms with Crippen molar-refractivity contribution >= 4 is 17.5 Å². The van der Waals surface area contributed by atoms with Crippen molar-refractivity contribution in [2.45, 2.75) is 18.9 Å². The standard InChI is InChI=1S/C16H18ClN3O2/c1-20(10-11-5-4-8-22-11)16(21)15-9-14(18-19-15)12-6-2-3-7-13(12)17/h2-3,6-7,9,11H,4-5,8,10H2,1H3,(H,18,19). The highest BCUT2D eigenvalue weighted by atomic mass is 35.5. The third-order valence-corrected chi connectivity index (χ3v) is 4.14. The van der Waals surface area contributed by atoms with Crippen molar-refractivity contribution < 1.29 is 9.53 Å². The van der Waals surface area contributed by atoms with Crippen LogP contribution in [0.1, 0.15) is 23.3 Å². The molecule has 1 atom stereocenters. The van der Waals surface area contributed by atoms with Crippen molar-refractivity contribution in [3.63, 3.8) is 0 Å². The number of halogens is 1. The first-order valence-electron chi connectivity index (χ1n) is 7.32. The summed E-state index contributed by atoms with van der Waals surface area (Å²) in [6.45, 7) is 1.38. The predicted molar refractivity (Wildman–Crippen MR) is 85.0 cm³/mol. The van der Waals surface area contributed by atoms with E-state index < -0.39 is 0 Å². The fourth-order valence-corrected chi connectivity index (χ4v) is 2.85. The van der Waals surface area contributed by atoms with Crippen molar-refractivity contribution in [2.24, 2.45) is 0 Å². The number of H-pyrrole nitrogens is 1. The molecule has 1 amide bonds. The third kappa shape index (κ3) is 3.15. The van der Waals surface area contributed by atoms with Crippen LogP contribution in [0.3, 0.4) is 0 Å². The summed E-state index contributed by atoms with van der Waals surface area (Å²) in [5.74, 6) is -0.0960. The van der Waals surface area contributed by atoms with Crippen LogP contribution in [0.2, 0.25) is 5.02 Å². The lowest BCUT2D eigenvalue weighted by atomic mass is 10.1. The third-order valence-electron chi connectivity index (χ3n) is 3.81. The molecule has 1 fully saturated rings. The van der Waals surface area contributed by atoms with Crippen LogP contribution in [0.4, 0.5) is 0 Å². The van der Waals surface area contributed by atoms with Gasteiger partial charge in [-0.2, -0.15) is 5.10 Å². The highest BCUT2D eigenvalue weighted by Crippen LogP contribution is 2.26. The molecule has 0 aliphatic carbocycles. The van der Waals surface area contributed by atoms with Gasteiger partial charge in [0.1, 0.15) is 5.69 Å². The van der Waals surface area contributed by atoms with Gasteiger partial charge in [0.05, 0.1) is 16.8 Å². The molecule has 0 saturated carbocycles. The van der Waals surface area contributed by atoms with Gasteiger partial charge in [0.2, 0.25) is 0 Å². The van der Waals surface area contributed by atoms with Crippen molar-refractivity contribution in [3.8, 4) is 11.3 Å². The molecule has 2 heterocycles. The molecule has 1 aromatic heterocycles. The molecule has 1 aliphatic heterocycles. The zero-order valence-electron chi connectivity index (χ0n) is 12.4. The van der Waals surface area contributed by atoms with Crippen molar-refractivity contribution in [3.05, 3.63) is 41.0 Å². The van der Waals surface area contributed by atoms with E-state index in [1.807, 2.05) is 18.2 Å². The van der Waals surface area contributed by atoms with Crippen molar-refractivity contribution in [2.75, 3.05) is 20.2 Å². The second kappa shape index (κ2) is 6.50. The Morgan fingerprint density at radius 2 is 2.32 bits per heavy atom. The Kier molecular flexibility index (Phi) is 4.45. The highest BCUT2D eigenvalue weighted by molar-refractivity contribution is 6.33. The second-order valence-electron chi connectivity index (χ2n) is 5.47. The van der Waals surface area contributed by atoms with E-state index in [2.05, 4.69) is 10.2 Å². The van der Waals surface area contributed by atoms with Gasteiger partial charge in [0.25, 0.3) is 5.91 Å². The van der Waals surface area contributed by atoms with E-state index >= 15 is 0 Å². The van der Waals surface area contributed by atoms with E-state index in [4.69, 9.17) is 16.3 Å². The van der Waals surface area contributed by atoms with Gasteiger partial charge < -0.3 is 9.64 Å². The lowest BCUT2D eigenvalue weighted by Crippen LogP contribution is -2.34. The molecule has 1 aliphatic rings. The fraction of sp³-hybridized carbons (Fsp3) is 0.375. The number of hydrogen-bond donors (Lipinski definition) is 1. The quantitative estimate of drug-likeness (QED) is 0.942. The van der Waals surface area contributed by atoms with Gasteiger partial charge in [-0.25, -0.2) is 0 Å². The molecule has 0 spiro atoms. The average molecular weight is 320 g/mol. The van der Waals surface area contributed by atoms with Crippen molar-refractivity contribution in [1.82, 2.24) is 15.1 Å². The number of hydrogen-bond acceptors (Lipinski definition) is 3. The number of carbonyl (C=O) groups is 1. The van der Waals surface area contributed by atoms with Gasteiger partial charge in [-0.3, -0.25) is 9.89 Å². The maximum atomic E-state index is 12.4. The Morgan fingerprint density at radius 3 is 3.05 bits per heavy atom. The summed E-state index contributed by atoms with van der Waals surface area (Å²) in [6.07, 6.45) is 2.21. The molecule has 0 bridgehead atoms. The van der Waals surface area contributed by atoms with E-state index in [0.29, 0.717) is 23.0 Å². The van der Waals surface area contributed by atoms with Crippen LogP contribution in [0.25, 0.3) is 11.3 Å². The second-order valence-corrected chi connectivity index (χ2v) is 5.87. The van der Waals surface area contributed by atoms with Gasteiger partial charge in [-0.05, 0) is 25.0 Å². The van der Waals surface area contributed by atoms with E-state index in [0.717, 1.165) is 25.0 Å². The molecule has 2 aromatic rings. The van der Waals surface area contributed by atoms with Crippen LogP contribution >= 0.6 is 11.6 Å². The number of nitrogens with one attached hydrogen (secondary N) is 1. The van der Waals surface area contributed by atoms with E-state index in [1.54, 1.807) is 24.1 Å². The summed E-state index contributed by atoms with van der Waals surface area (Å²) in [6, 6.07) is 9.16. The molecular formula is C16H18ClN3O2.